The minimum Gasteiger partial charge on any atom is -0.497 e. The molecule has 0 bridgehead atoms. The van der Waals surface area contributed by atoms with Crippen LogP contribution in [-0.4, -0.2) is 31.0 Å². The smallest absolute Gasteiger partial charge is 0.222 e. The highest BCUT2D eigenvalue weighted by Crippen LogP contribution is 2.30. The molecule has 0 unspecified atom stereocenters. The predicted octanol–water partition coefficient (Wildman–Crippen LogP) is 3.23. The second-order valence-corrected chi connectivity index (χ2v) is 4.79. The Morgan fingerprint density at radius 1 is 1.37 bits per heavy atom. The summed E-state index contributed by atoms with van der Waals surface area (Å²) in [4.78, 5) is 13.6. The summed E-state index contributed by atoms with van der Waals surface area (Å²) in [5.41, 5.74) is 1.33. The van der Waals surface area contributed by atoms with Gasteiger partial charge in [-0.15, -0.1) is 12.4 Å². The molecule has 0 atom stereocenters. The standard InChI is InChI=1S/C15H21NO2.ClH/c1-3-15(17)16-9-7-12(8-10-16)13-5-4-6-14(11-13)18-2;/h4-6,11-12H,3,7-10H2,1-2H3;1H. The van der Waals surface area contributed by atoms with E-state index in [0.29, 0.717) is 12.3 Å². The number of ether oxygens (including phenoxy) is 1. The SMILES string of the molecule is CCC(=O)N1CCC(c2cccc(OC)c2)CC1.Cl. The molecule has 0 aromatic heterocycles. The highest BCUT2D eigenvalue weighted by atomic mass is 35.5. The first kappa shape index (κ1) is 15.8. The summed E-state index contributed by atoms with van der Waals surface area (Å²) in [6.07, 6.45) is 2.72. The van der Waals surface area contributed by atoms with Gasteiger partial charge in [0.1, 0.15) is 5.75 Å². The van der Waals surface area contributed by atoms with Crippen molar-refractivity contribution < 1.29 is 9.53 Å². The van der Waals surface area contributed by atoms with Crippen molar-refractivity contribution in [3.8, 4) is 5.75 Å². The van der Waals surface area contributed by atoms with Crippen LogP contribution in [0, 0.1) is 0 Å². The van der Waals surface area contributed by atoms with E-state index in [4.69, 9.17) is 4.74 Å². The third-order valence-corrected chi connectivity index (χ3v) is 3.72. The summed E-state index contributed by atoms with van der Waals surface area (Å²) < 4.78 is 5.26. The van der Waals surface area contributed by atoms with E-state index in [1.54, 1.807) is 7.11 Å². The number of piperidine rings is 1. The average Bonchev–Trinajstić information content (AvgIpc) is 2.46. The van der Waals surface area contributed by atoms with Gasteiger partial charge in [-0.3, -0.25) is 4.79 Å². The fourth-order valence-corrected chi connectivity index (χ4v) is 2.58. The van der Waals surface area contributed by atoms with Crippen LogP contribution in [0.25, 0.3) is 0 Å². The van der Waals surface area contributed by atoms with Crippen LogP contribution in [0.5, 0.6) is 5.75 Å². The van der Waals surface area contributed by atoms with Gasteiger partial charge in [-0.25, -0.2) is 0 Å². The van der Waals surface area contributed by atoms with E-state index in [1.807, 2.05) is 24.0 Å². The molecule has 0 spiro atoms. The Labute approximate surface area is 121 Å². The van der Waals surface area contributed by atoms with E-state index in [1.165, 1.54) is 5.56 Å². The summed E-state index contributed by atoms with van der Waals surface area (Å²) in [7, 11) is 1.70. The molecule has 1 aromatic carbocycles. The van der Waals surface area contributed by atoms with Crippen molar-refractivity contribution in [1.29, 1.82) is 0 Å². The zero-order valence-electron chi connectivity index (χ0n) is 11.6. The predicted molar refractivity (Wildman–Crippen MR) is 79.1 cm³/mol. The molecule has 2 rings (SSSR count). The van der Waals surface area contributed by atoms with Gasteiger partial charge >= 0.3 is 0 Å². The number of nitrogens with zero attached hydrogens (tertiary/aromatic N) is 1. The lowest BCUT2D eigenvalue weighted by Crippen LogP contribution is -2.37. The first-order valence-electron chi connectivity index (χ1n) is 6.66. The molecule has 1 heterocycles. The summed E-state index contributed by atoms with van der Waals surface area (Å²) in [6, 6.07) is 8.28. The van der Waals surface area contributed by atoms with Crippen molar-refractivity contribution in [1.82, 2.24) is 4.90 Å². The van der Waals surface area contributed by atoms with Crippen LogP contribution >= 0.6 is 12.4 Å². The van der Waals surface area contributed by atoms with Crippen LogP contribution in [0.3, 0.4) is 0 Å². The molecule has 0 radical (unpaired) electrons. The van der Waals surface area contributed by atoms with Gasteiger partial charge in [0.25, 0.3) is 0 Å². The van der Waals surface area contributed by atoms with E-state index in [-0.39, 0.29) is 18.3 Å². The van der Waals surface area contributed by atoms with E-state index in [2.05, 4.69) is 12.1 Å². The molecule has 1 aliphatic heterocycles. The van der Waals surface area contributed by atoms with Crippen LogP contribution in [0.2, 0.25) is 0 Å². The van der Waals surface area contributed by atoms with Gasteiger partial charge in [0.15, 0.2) is 0 Å². The maximum absolute atomic E-state index is 11.6. The Morgan fingerprint density at radius 3 is 2.63 bits per heavy atom. The van der Waals surface area contributed by atoms with Gasteiger partial charge in [0.2, 0.25) is 5.91 Å². The highest BCUT2D eigenvalue weighted by molar-refractivity contribution is 5.85. The molecule has 106 valence electrons. The average molecular weight is 284 g/mol. The van der Waals surface area contributed by atoms with E-state index in [0.717, 1.165) is 31.7 Å². The number of hydrogen-bond acceptors (Lipinski definition) is 2. The minimum absolute atomic E-state index is 0. The molecule has 1 aromatic rings. The Morgan fingerprint density at radius 2 is 2.05 bits per heavy atom. The second kappa shape index (κ2) is 7.39. The molecule has 4 heteroatoms. The number of benzene rings is 1. The van der Waals surface area contributed by atoms with Crippen LogP contribution in [-0.2, 0) is 4.79 Å². The number of amides is 1. The van der Waals surface area contributed by atoms with Gasteiger partial charge in [-0.1, -0.05) is 19.1 Å². The van der Waals surface area contributed by atoms with Crippen molar-refractivity contribution in [2.45, 2.75) is 32.1 Å². The van der Waals surface area contributed by atoms with Gasteiger partial charge in [-0.05, 0) is 36.5 Å². The van der Waals surface area contributed by atoms with Crippen molar-refractivity contribution in [3.05, 3.63) is 29.8 Å². The molecule has 0 saturated carbocycles. The lowest BCUT2D eigenvalue weighted by molar-refractivity contribution is -0.131. The summed E-state index contributed by atoms with van der Waals surface area (Å²) in [6.45, 7) is 3.69. The Balaban J connectivity index is 0.00000180. The molecule has 3 nitrogen and oxygen atoms in total. The largest absolute Gasteiger partial charge is 0.497 e. The number of likely N-dealkylation sites (tertiary alicyclic amines) is 1. The molecule has 1 saturated heterocycles. The third kappa shape index (κ3) is 3.87. The van der Waals surface area contributed by atoms with E-state index >= 15 is 0 Å². The Hall–Kier alpha value is -1.22. The van der Waals surface area contributed by atoms with Crippen LogP contribution < -0.4 is 4.74 Å². The molecule has 1 amide bonds. The van der Waals surface area contributed by atoms with Gasteiger partial charge in [0.05, 0.1) is 7.11 Å². The lowest BCUT2D eigenvalue weighted by Gasteiger charge is -2.32. The molecule has 1 fully saturated rings. The molecule has 0 aliphatic carbocycles. The third-order valence-electron chi connectivity index (χ3n) is 3.72. The number of rotatable bonds is 3. The maximum Gasteiger partial charge on any atom is 0.222 e. The number of hydrogen-bond donors (Lipinski definition) is 0. The Bertz CT molecular complexity index is 414. The van der Waals surface area contributed by atoms with Crippen molar-refractivity contribution in [2.24, 2.45) is 0 Å². The van der Waals surface area contributed by atoms with Crippen molar-refractivity contribution in [3.63, 3.8) is 0 Å². The van der Waals surface area contributed by atoms with Crippen LogP contribution in [0.4, 0.5) is 0 Å². The summed E-state index contributed by atoms with van der Waals surface area (Å²) >= 11 is 0. The van der Waals surface area contributed by atoms with Crippen molar-refractivity contribution >= 4 is 18.3 Å². The molecule has 19 heavy (non-hydrogen) atoms. The highest BCUT2D eigenvalue weighted by Gasteiger charge is 2.22. The summed E-state index contributed by atoms with van der Waals surface area (Å²) in [5, 5.41) is 0. The van der Waals surface area contributed by atoms with Gasteiger partial charge < -0.3 is 9.64 Å². The number of carbonyl (C=O) groups is 1. The van der Waals surface area contributed by atoms with Crippen LogP contribution in [0.15, 0.2) is 24.3 Å². The minimum atomic E-state index is 0. The van der Waals surface area contributed by atoms with Gasteiger partial charge in [-0.2, -0.15) is 0 Å². The second-order valence-electron chi connectivity index (χ2n) is 4.79. The first-order valence-corrected chi connectivity index (χ1v) is 6.66. The molecule has 0 N–H and O–H groups in total. The maximum atomic E-state index is 11.6. The molecular weight excluding hydrogens is 262 g/mol. The molecular formula is C15H22ClNO2. The van der Waals surface area contributed by atoms with Crippen LogP contribution in [0.1, 0.15) is 37.7 Å². The van der Waals surface area contributed by atoms with Gasteiger partial charge in [0, 0.05) is 19.5 Å². The fraction of sp³-hybridized carbons (Fsp3) is 0.533. The van der Waals surface area contributed by atoms with E-state index in [9.17, 15) is 4.79 Å². The Kier molecular flexibility index (Phi) is 6.16. The lowest BCUT2D eigenvalue weighted by atomic mass is 9.89. The first-order chi connectivity index (χ1) is 8.74. The normalized spacial score (nSPS) is 15.8. The topological polar surface area (TPSA) is 29.5 Å². The number of methoxy groups -OCH3 is 1. The number of carbonyl (C=O) groups excluding carboxylic acids is 1. The summed E-state index contributed by atoms with van der Waals surface area (Å²) in [5.74, 6) is 1.75. The van der Waals surface area contributed by atoms with E-state index < -0.39 is 0 Å². The number of halogens is 1. The fourth-order valence-electron chi connectivity index (χ4n) is 2.58. The zero-order valence-corrected chi connectivity index (χ0v) is 12.4. The quantitative estimate of drug-likeness (QED) is 0.852. The molecule has 1 aliphatic rings. The van der Waals surface area contributed by atoms with Crippen molar-refractivity contribution in [2.75, 3.05) is 20.2 Å². The monoisotopic (exact) mass is 283 g/mol. The zero-order chi connectivity index (χ0) is 13.0.